The van der Waals surface area contributed by atoms with Gasteiger partial charge in [0.15, 0.2) is 0 Å². The van der Waals surface area contributed by atoms with Gasteiger partial charge in [0, 0.05) is 36.4 Å². The molecule has 1 unspecified atom stereocenters. The highest BCUT2D eigenvalue weighted by atomic mass is 16.4. The van der Waals surface area contributed by atoms with Crippen molar-refractivity contribution >= 4 is 12.6 Å². The summed E-state index contributed by atoms with van der Waals surface area (Å²) in [4.78, 5) is 6.51. The second-order valence-electron chi connectivity index (χ2n) is 4.08. The Hall–Kier alpha value is -0.905. The first kappa shape index (κ1) is 10.6. The van der Waals surface area contributed by atoms with Crippen LogP contribution in [0.25, 0.3) is 0 Å². The van der Waals surface area contributed by atoms with Crippen molar-refractivity contribution in [3.63, 3.8) is 0 Å². The van der Waals surface area contributed by atoms with Crippen LogP contribution in [0.15, 0.2) is 12.3 Å². The van der Waals surface area contributed by atoms with Crippen molar-refractivity contribution in [2.45, 2.75) is 19.4 Å². The quantitative estimate of drug-likeness (QED) is 0.597. The average molecular weight is 206 g/mol. The van der Waals surface area contributed by atoms with Gasteiger partial charge in [-0.05, 0) is 19.5 Å². The maximum atomic E-state index is 9.08. The normalized spacial score (nSPS) is 21.2. The summed E-state index contributed by atoms with van der Waals surface area (Å²) >= 11 is 0. The van der Waals surface area contributed by atoms with Crippen LogP contribution >= 0.6 is 0 Å². The molecule has 0 bridgehead atoms. The molecule has 0 aromatic carbocycles. The lowest BCUT2D eigenvalue weighted by molar-refractivity contribution is 0.245. The van der Waals surface area contributed by atoms with Crippen LogP contribution in [0.5, 0.6) is 0 Å². The molecule has 0 spiro atoms. The summed E-state index contributed by atoms with van der Waals surface area (Å²) in [6.45, 7) is 3.11. The zero-order chi connectivity index (χ0) is 11.0. The van der Waals surface area contributed by atoms with E-state index in [2.05, 4.69) is 23.9 Å². The molecule has 0 radical (unpaired) electrons. The van der Waals surface area contributed by atoms with Gasteiger partial charge in [-0.3, -0.25) is 9.88 Å². The van der Waals surface area contributed by atoms with Gasteiger partial charge in [-0.25, -0.2) is 0 Å². The van der Waals surface area contributed by atoms with Crippen LogP contribution in [0.1, 0.15) is 24.2 Å². The maximum absolute atomic E-state index is 9.08. The first-order chi connectivity index (χ1) is 7.09. The van der Waals surface area contributed by atoms with Crippen LogP contribution in [0.2, 0.25) is 0 Å². The largest absolute Gasteiger partial charge is 0.490 e. The van der Waals surface area contributed by atoms with Crippen LogP contribution in [0.4, 0.5) is 0 Å². The first-order valence-corrected chi connectivity index (χ1v) is 5.14. The smallest absolute Gasteiger partial charge is 0.423 e. The lowest BCUT2D eigenvalue weighted by atomic mass is 9.79. The zero-order valence-corrected chi connectivity index (χ0v) is 9.01. The fraction of sp³-hybridized carbons (Fsp3) is 0.500. The van der Waals surface area contributed by atoms with Gasteiger partial charge < -0.3 is 10.0 Å². The van der Waals surface area contributed by atoms with E-state index in [-0.39, 0.29) is 0 Å². The third kappa shape index (κ3) is 1.90. The van der Waals surface area contributed by atoms with E-state index in [1.807, 2.05) is 6.07 Å². The lowest BCUT2D eigenvalue weighted by Gasteiger charge is -2.31. The Morgan fingerprint density at radius 3 is 2.93 bits per heavy atom. The summed E-state index contributed by atoms with van der Waals surface area (Å²) in [7, 11) is 0.637. The third-order valence-corrected chi connectivity index (χ3v) is 3.14. The average Bonchev–Trinajstić information content (AvgIpc) is 2.23. The Kier molecular flexibility index (Phi) is 2.77. The van der Waals surface area contributed by atoms with E-state index in [1.165, 1.54) is 0 Å². The number of likely N-dealkylation sites (N-methyl/N-ethyl adjacent to an activating group) is 1. The van der Waals surface area contributed by atoms with Gasteiger partial charge in [-0.1, -0.05) is 6.07 Å². The molecule has 1 aromatic rings. The molecule has 5 heteroatoms. The standard InChI is InChI=1S/C10H15BN2O2/c1-7-9-5-8(11(14)15)6-12-10(9)3-4-13(7)2/h5-7,14-15H,3-4H2,1-2H3. The minimum Gasteiger partial charge on any atom is -0.423 e. The minimum atomic E-state index is -1.43. The van der Waals surface area contributed by atoms with Crippen LogP contribution in [-0.4, -0.2) is 40.6 Å². The number of fused-ring (bicyclic) bond motifs is 1. The topological polar surface area (TPSA) is 56.6 Å². The van der Waals surface area contributed by atoms with E-state index < -0.39 is 7.12 Å². The minimum absolute atomic E-state index is 0.292. The molecule has 4 nitrogen and oxygen atoms in total. The van der Waals surface area contributed by atoms with Crippen LogP contribution in [0, 0.1) is 0 Å². The number of hydrogen-bond donors (Lipinski definition) is 2. The number of pyridine rings is 1. The van der Waals surface area contributed by atoms with E-state index >= 15 is 0 Å². The van der Waals surface area contributed by atoms with E-state index in [1.54, 1.807) is 6.20 Å². The third-order valence-electron chi connectivity index (χ3n) is 3.14. The number of nitrogens with zero attached hydrogens (tertiary/aromatic N) is 2. The molecule has 0 amide bonds. The molecule has 0 saturated carbocycles. The highest BCUT2D eigenvalue weighted by molar-refractivity contribution is 6.58. The van der Waals surface area contributed by atoms with Crippen LogP contribution < -0.4 is 5.46 Å². The molecule has 1 aliphatic rings. The highest BCUT2D eigenvalue weighted by Crippen LogP contribution is 2.25. The molecule has 0 aliphatic carbocycles. The van der Waals surface area contributed by atoms with E-state index in [0.717, 1.165) is 24.2 Å². The molecule has 2 N–H and O–H groups in total. The second-order valence-corrected chi connectivity index (χ2v) is 4.08. The summed E-state index contributed by atoms with van der Waals surface area (Å²) in [5.74, 6) is 0. The Morgan fingerprint density at radius 1 is 1.53 bits per heavy atom. The SMILES string of the molecule is CC1c2cc(B(O)O)cnc2CCN1C. The Balaban J connectivity index is 2.41. The predicted molar refractivity (Wildman–Crippen MR) is 58.8 cm³/mol. The molecule has 1 atom stereocenters. The van der Waals surface area contributed by atoms with Crippen molar-refractivity contribution in [1.29, 1.82) is 0 Å². The Bertz CT molecular complexity index is 370. The number of hydrogen-bond acceptors (Lipinski definition) is 4. The van der Waals surface area contributed by atoms with Crippen molar-refractivity contribution in [3.05, 3.63) is 23.5 Å². The number of rotatable bonds is 1. The lowest BCUT2D eigenvalue weighted by Crippen LogP contribution is -2.36. The predicted octanol–water partition coefficient (Wildman–Crippen LogP) is -0.690. The molecule has 2 heterocycles. The van der Waals surface area contributed by atoms with Crippen molar-refractivity contribution in [1.82, 2.24) is 9.88 Å². The molecule has 1 aliphatic heterocycles. The molecule has 0 fully saturated rings. The van der Waals surface area contributed by atoms with Gasteiger partial charge >= 0.3 is 7.12 Å². The van der Waals surface area contributed by atoms with E-state index in [0.29, 0.717) is 11.5 Å². The maximum Gasteiger partial charge on any atom is 0.490 e. The van der Waals surface area contributed by atoms with Gasteiger partial charge in [0.05, 0.1) is 0 Å². The van der Waals surface area contributed by atoms with Crippen LogP contribution in [-0.2, 0) is 6.42 Å². The summed E-state index contributed by atoms with van der Waals surface area (Å²) in [6.07, 6.45) is 2.47. The second kappa shape index (κ2) is 3.92. The van der Waals surface area contributed by atoms with Gasteiger partial charge in [0.25, 0.3) is 0 Å². The van der Waals surface area contributed by atoms with Crippen LogP contribution in [0.3, 0.4) is 0 Å². The van der Waals surface area contributed by atoms with Crippen molar-refractivity contribution in [3.8, 4) is 0 Å². The van der Waals surface area contributed by atoms with Crippen molar-refractivity contribution in [2.75, 3.05) is 13.6 Å². The van der Waals surface area contributed by atoms with Gasteiger partial charge in [-0.15, -0.1) is 0 Å². The zero-order valence-electron chi connectivity index (χ0n) is 9.01. The summed E-state index contributed by atoms with van der Waals surface area (Å²) in [5.41, 5.74) is 2.65. The Morgan fingerprint density at radius 2 is 2.27 bits per heavy atom. The molecular weight excluding hydrogens is 191 g/mol. The van der Waals surface area contributed by atoms with E-state index in [9.17, 15) is 0 Å². The molecule has 1 aromatic heterocycles. The molecular formula is C10H15BN2O2. The highest BCUT2D eigenvalue weighted by Gasteiger charge is 2.23. The molecule has 2 rings (SSSR count). The first-order valence-electron chi connectivity index (χ1n) is 5.14. The fourth-order valence-corrected chi connectivity index (χ4v) is 1.95. The Labute approximate surface area is 89.7 Å². The van der Waals surface area contributed by atoms with Gasteiger partial charge in [0.2, 0.25) is 0 Å². The monoisotopic (exact) mass is 206 g/mol. The van der Waals surface area contributed by atoms with Gasteiger partial charge in [-0.2, -0.15) is 0 Å². The van der Waals surface area contributed by atoms with Crippen molar-refractivity contribution in [2.24, 2.45) is 0 Å². The summed E-state index contributed by atoms with van der Waals surface area (Å²) in [5, 5.41) is 18.2. The summed E-state index contributed by atoms with van der Waals surface area (Å²) < 4.78 is 0. The van der Waals surface area contributed by atoms with Crippen molar-refractivity contribution < 1.29 is 10.0 Å². The molecule has 15 heavy (non-hydrogen) atoms. The van der Waals surface area contributed by atoms with Gasteiger partial charge in [0.1, 0.15) is 0 Å². The fourth-order valence-electron chi connectivity index (χ4n) is 1.95. The number of aromatic nitrogens is 1. The summed E-state index contributed by atoms with van der Waals surface area (Å²) in [6, 6.07) is 2.13. The molecule has 0 saturated heterocycles. The molecule has 80 valence electrons. The van der Waals surface area contributed by atoms with E-state index in [4.69, 9.17) is 10.0 Å².